The molecule has 0 atom stereocenters. The molecule has 1 aromatic carbocycles. The molecule has 2 amide bonds. The van der Waals surface area contributed by atoms with Gasteiger partial charge in [0.25, 0.3) is 0 Å². The van der Waals surface area contributed by atoms with Crippen molar-refractivity contribution in [2.75, 3.05) is 18.1 Å². The van der Waals surface area contributed by atoms with Crippen molar-refractivity contribution in [1.82, 2.24) is 4.31 Å². The molecule has 88 valence electrons. The van der Waals surface area contributed by atoms with Crippen molar-refractivity contribution in [2.24, 2.45) is 0 Å². The lowest BCUT2D eigenvalue weighted by Gasteiger charge is -2.15. The van der Waals surface area contributed by atoms with Crippen molar-refractivity contribution in [2.45, 2.75) is 6.92 Å². The molecule has 0 saturated heterocycles. The summed E-state index contributed by atoms with van der Waals surface area (Å²) in [5, 5.41) is 3.61. The first-order chi connectivity index (χ1) is 7.54. The summed E-state index contributed by atoms with van der Waals surface area (Å²) in [7, 11) is 1.71. The predicted molar refractivity (Wildman–Crippen MR) is 71.4 cm³/mol. The first-order valence-electron chi connectivity index (χ1n) is 4.67. The lowest BCUT2D eigenvalue weighted by atomic mass is 10.3. The zero-order chi connectivity index (χ0) is 12.1. The zero-order valence-corrected chi connectivity index (χ0v) is 11.3. The molecular weight excluding hydrogens is 267 g/mol. The van der Waals surface area contributed by atoms with Gasteiger partial charge in [-0.15, -0.1) is 0 Å². The highest BCUT2D eigenvalue weighted by Gasteiger charge is 2.09. The standard InChI is InChI=1S/C10H12Cl2N2OS/c1-3-16-14(2)10(15)13-7-4-5-8(11)9(12)6-7/h4-6H,3H2,1-2H3,(H,13,15). The molecule has 0 aliphatic carbocycles. The monoisotopic (exact) mass is 278 g/mol. The number of urea groups is 1. The third-order valence-electron chi connectivity index (χ3n) is 1.78. The van der Waals surface area contributed by atoms with Crippen LogP contribution in [0.15, 0.2) is 18.2 Å². The Morgan fingerprint density at radius 3 is 2.69 bits per heavy atom. The number of rotatable bonds is 3. The molecule has 0 saturated carbocycles. The van der Waals surface area contributed by atoms with Gasteiger partial charge in [0.05, 0.1) is 10.0 Å². The van der Waals surface area contributed by atoms with E-state index in [4.69, 9.17) is 23.2 Å². The van der Waals surface area contributed by atoms with Gasteiger partial charge in [0.1, 0.15) is 0 Å². The highest BCUT2D eigenvalue weighted by atomic mass is 35.5. The van der Waals surface area contributed by atoms with Crippen LogP contribution in [0.4, 0.5) is 10.5 Å². The van der Waals surface area contributed by atoms with Crippen LogP contribution < -0.4 is 5.32 Å². The third kappa shape index (κ3) is 3.77. The van der Waals surface area contributed by atoms with Gasteiger partial charge in [-0.05, 0) is 30.1 Å². The van der Waals surface area contributed by atoms with Crippen LogP contribution in [0.2, 0.25) is 10.0 Å². The second kappa shape index (κ2) is 6.23. The summed E-state index contributed by atoms with van der Waals surface area (Å²) in [4.78, 5) is 11.6. The Morgan fingerprint density at radius 2 is 2.12 bits per heavy atom. The van der Waals surface area contributed by atoms with Gasteiger partial charge in [-0.3, -0.25) is 4.31 Å². The van der Waals surface area contributed by atoms with E-state index in [0.717, 1.165) is 5.75 Å². The molecule has 0 aliphatic heterocycles. The maximum absolute atomic E-state index is 11.6. The van der Waals surface area contributed by atoms with Crippen molar-refractivity contribution in [3.05, 3.63) is 28.2 Å². The molecule has 1 aromatic rings. The molecule has 0 fully saturated rings. The van der Waals surface area contributed by atoms with E-state index in [2.05, 4.69) is 5.32 Å². The Labute approximate surface area is 109 Å². The Hall–Kier alpha value is -0.580. The average molecular weight is 279 g/mol. The maximum Gasteiger partial charge on any atom is 0.331 e. The summed E-state index contributed by atoms with van der Waals surface area (Å²) in [5.74, 6) is 0.839. The Kier molecular flexibility index (Phi) is 5.25. The molecule has 3 nitrogen and oxygen atoms in total. The number of benzene rings is 1. The molecule has 0 spiro atoms. The van der Waals surface area contributed by atoms with E-state index in [9.17, 15) is 4.79 Å². The molecule has 0 aliphatic rings. The van der Waals surface area contributed by atoms with Crippen LogP contribution in [-0.2, 0) is 0 Å². The van der Waals surface area contributed by atoms with Crippen molar-refractivity contribution < 1.29 is 4.79 Å². The minimum atomic E-state index is -0.190. The molecule has 1 N–H and O–H groups in total. The lowest BCUT2D eigenvalue weighted by Crippen LogP contribution is -2.25. The van der Waals surface area contributed by atoms with E-state index in [1.54, 1.807) is 25.2 Å². The summed E-state index contributed by atoms with van der Waals surface area (Å²) in [6.45, 7) is 1.98. The van der Waals surface area contributed by atoms with Crippen LogP contribution in [0, 0.1) is 0 Å². The Morgan fingerprint density at radius 1 is 1.44 bits per heavy atom. The maximum atomic E-state index is 11.6. The molecule has 0 heterocycles. The van der Waals surface area contributed by atoms with Gasteiger partial charge in [0, 0.05) is 18.5 Å². The number of nitrogens with zero attached hydrogens (tertiary/aromatic N) is 1. The summed E-state index contributed by atoms with van der Waals surface area (Å²) in [6, 6.07) is 4.78. The number of nitrogens with one attached hydrogen (secondary N) is 1. The van der Waals surface area contributed by atoms with E-state index in [0.29, 0.717) is 15.7 Å². The summed E-state index contributed by atoms with van der Waals surface area (Å²) >= 11 is 13.0. The van der Waals surface area contributed by atoms with Crippen molar-refractivity contribution in [1.29, 1.82) is 0 Å². The Bertz CT molecular complexity index is 387. The highest BCUT2D eigenvalue weighted by molar-refractivity contribution is 7.97. The second-order valence-corrected chi connectivity index (χ2v) is 5.17. The van der Waals surface area contributed by atoms with E-state index >= 15 is 0 Å². The van der Waals surface area contributed by atoms with Gasteiger partial charge in [-0.1, -0.05) is 30.1 Å². The van der Waals surface area contributed by atoms with Crippen LogP contribution >= 0.6 is 35.1 Å². The zero-order valence-electron chi connectivity index (χ0n) is 8.96. The molecule has 0 unspecified atom stereocenters. The molecule has 0 bridgehead atoms. The molecule has 0 radical (unpaired) electrons. The number of hydrogen-bond donors (Lipinski definition) is 1. The van der Waals surface area contributed by atoms with Gasteiger partial charge in [-0.25, -0.2) is 4.79 Å². The van der Waals surface area contributed by atoms with E-state index in [1.807, 2.05) is 6.92 Å². The number of hydrogen-bond acceptors (Lipinski definition) is 2. The first kappa shape index (κ1) is 13.5. The van der Waals surface area contributed by atoms with Crippen molar-refractivity contribution in [3.63, 3.8) is 0 Å². The van der Waals surface area contributed by atoms with Crippen molar-refractivity contribution in [3.8, 4) is 0 Å². The Balaban J connectivity index is 2.66. The van der Waals surface area contributed by atoms with Crippen LogP contribution in [0.5, 0.6) is 0 Å². The molecule has 1 rings (SSSR count). The second-order valence-electron chi connectivity index (χ2n) is 2.97. The number of carbonyl (C=O) groups is 1. The first-order valence-corrected chi connectivity index (χ1v) is 6.37. The van der Waals surface area contributed by atoms with Crippen LogP contribution in [-0.4, -0.2) is 23.1 Å². The topological polar surface area (TPSA) is 32.3 Å². The molecular formula is C10H12Cl2N2OS. The summed E-state index contributed by atoms with van der Waals surface area (Å²) in [5.41, 5.74) is 0.628. The van der Waals surface area contributed by atoms with Gasteiger partial charge in [0.2, 0.25) is 0 Å². The van der Waals surface area contributed by atoms with Crippen LogP contribution in [0.25, 0.3) is 0 Å². The van der Waals surface area contributed by atoms with Gasteiger partial charge >= 0.3 is 6.03 Å². The minimum absolute atomic E-state index is 0.190. The normalized spacial score (nSPS) is 10.0. The minimum Gasteiger partial charge on any atom is -0.307 e. The SMILES string of the molecule is CCSN(C)C(=O)Nc1ccc(Cl)c(Cl)c1. The molecule has 16 heavy (non-hydrogen) atoms. The van der Waals surface area contributed by atoms with Gasteiger partial charge in [0.15, 0.2) is 0 Å². The number of halogens is 2. The summed E-state index contributed by atoms with van der Waals surface area (Å²) < 4.78 is 1.53. The number of amides is 2. The van der Waals surface area contributed by atoms with E-state index in [1.165, 1.54) is 16.3 Å². The highest BCUT2D eigenvalue weighted by Crippen LogP contribution is 2.25. The fraction of sp³-hybridized carbons (Fsp3) is 0.300. The molecule has 6 heteroatoms. The van der Waals surface area contributed by atoms with E-state index < -0.39 is 0 Å². The smallest absolute Gasteiger partial charge is 0.307 e. The number of carbonyl (C=O) groups excluding carboxylic acids is 1. The van der Waals surface area contributed by atoms with Crippen molar-refractivity contribution >= 4 is 46.9 Å². The quantitative estimate of drug-likeness (QED) is 0.844. The number of anilines is 1. The third-order valence-corrected chi connectivity index (χ3v) is 3.33. The fourth-order valence-electron chi connectivity index (χ4n) is 1.03. The molecule has 0 aromatic heterocycles. The van der Waals surface area contributed by atoms with Gasteiger partial charge < -0.3 is 5.32 Å². The van der Waals surface area contributed by atoms with E-state index in [-0.39, 0.29) is 6.03 Å². The lowest BCUT2D eigenvalue weighted by molar-refractivity contribution is 0.243. The van der Waals surface area contributed by atoms with Crippen LogP contribution in [0.3, 0.4) is 0 Å². The fourth-order valence-corrected chi connectivity index (χ4v) is 1.88. The largest absolute Gasteiger partial charge is 0.331 e. The average Bonchev–Trinajstić information content (AvgIpc) is 2.24. The van der Waals surface area contributed by atoms with Crippen LogP contribution in [0.1, 0.15) is 6.92 Å². The summed E-state index contributed by atoms with van der Waals surface area (Å²) in [6.07, 6.45) is 0. The predicted octanol–water partition coefficient (Wildman–Crippen LogP) is 4.13. The van der Waals surface area contributed by atoms with Gasteiger partial charge in [-0.2, -0.15) is 0 Å².